The van der Waals surface area contributed by atoms with Gasteiger partial charge in [-0.25, -0.2) is 14.5 Å². The van der Waals surface area contributed by atoms with Crippen LogP contribution in [-0.2, 0) is 17.9 Å². The number of benzene rings is 2. The molecule has 0 aliphatic heterocycles. The van der Waals surface area contributed by atoms with Crippen LogP contribution in [0.25, 0.3) is 11.1 Å². The van der Waals surface area contributed by atoms with Gasteiger partial charge in [0.25, 0.3) is 0 Å². The lowest BCUT2D eigenvalue weighted by Gasteiger charge is -2.21. The molecule has 2 aromatic carbocycles. The van der Waals surface area contributed by atoms with Crippen LogP contribution in [0.2, 0.25) is 0 Å². The molecule has 3 rings (SSSR count). The summed E-state index contributed by atoms with van der Waals surface area (Å²) in [5.74, 6) is -4.14. The fourth-order valence-corrected chi connectivity index (χ4v) is 3.09. The first kappa shape index (κ1) is 20.6. The van der Waals surface area contributed by atoms with Gasteiger partial charge in [0.15, 0.2) is 0 Å². The van der Waals surface area contributed by atoms with Gasteiger partial charge in [-0.3, -0.25) is 0 Å². The molecule has 0 amide bonds. The average Bonchev–Trinajstić information content (AvgIpc) is 3.07. The molecule has 0 radical (unpaired) electrons. The van der Waals surface area contributed by atoms with Gasteiger partial charge in [0.1, 0.15) is 5.82 Å². The summed E-state index contributed by atoms with van der Waals surface area (Å²) < 4.78 is 29.0. The van der Waals surface area contributed by atoms with Crippen molar-refractivity contribution in [2.75, 3.05) is 0 Å². The molecular formula is C22H23F2N3O2. The first-order valence-corrected chi connectivity index (χ1v) is 9.23. The third-order valence-corrected chi connectivity index (χ3v) is 4.49. The van der Waals surface area contributed by atoms with E-state index in [0.717, 1.165) is 18.1 Å². The normalized spacial score (nSPS) is 12.2. The zero-order chi connectivity index (χ0) is 21.4. The lowest BCUT2D eigenvalue weighted by molar-refractivity contribution is 0.00713. The van der Waals surface area contributed by atoms with Crippen LogP contribution in [0.15, 0.2) is 48.5 Å². The van der Waals surface area contributed by atoms with E-state index < -0.39 is 23.3 Å². The van der Waals surface area contributed by atoms with Gasteiger partial charge in [-0.2, -0.15) is 8.78 Å². The van der Waals surface area contributed by atoms with Gasteiger partial charge < -0.3 is 5.11 Å². The van der Waals surface area contributed by atoms with Crippen LogP contribution in [0.3, 0.4) is 0 Å². The van der Waals surface area contributed by atoms with Crippen LogP contribution in [0.1, 0.15) is 55.3 Å². The minimum absolute atomic E-state index is 0.225. The number of nitrogens with zero attached hydrogens (tertiary/aromatic N) is 3. The summed E-state index contributed by atoms with van der Waals surface area (Å²) in [6.07, 6.45) is 0.335. The van der Waals surface area contributed by atoms with Gasteiger partial charge in [-0.05, 0) is 43.5 Å². The van der Waals surface area contributed by atoms with E-state index in [1.165, 1.54) is 4.68 Å². The van der Waals surface area contributed by atoms with Crippen molar-refractivity contribution in [3.63, 3.8) is 0 Å². The molecule has 0 aliphatic carbocycles. The van der Waals surface area contributed by atoms with E-state index in [9.17, 15) is 18.7 Å². The second-order valence-corrected chi connectivity index (χ2v) is 8.05. The first-order chi connectivity index (χ1) is 13.5. The Hall–Kier alpha value is -3.09. The van der Waals surface area contributed by atoms with Gasteiger partial charge >= 0.3 is 11.9 Å². The maximum Gasteiger partial charge on any atom is 0.336 e. The predicted octanol–water partition coefficient (Wildman–Crippen LogP) is 5.10. The third kappa shape index (κ3) is 4.50. The van der Waals surface area contributed by atoms with Crippen LogP contribution in [-0.4, -0.2) is 25.8 Å². The molecule has 1 N–H and O–H groups in total. The molecule has 0 aliphatic rings. The molecule has 0 bridgehead atoms. The zero-order valence-corrected chi connectivity index (χ0v) is 16.8. The Labute approximate surface area is 168 Å². The van der Waals surface area contributed by atoms with Gasteiger partial charge in [-0.1, -0.05) is 42.5 Å². The fourth-order valence-electron chi connectivity index (χ4n) is 3.09. The van der Waals surface area contributed by atoms with Gasteiger partial charge in [-0.15, -0.1) is 5.10 Å². The number of rotatable bonds is 5. The van der Waals surface area contributed by atoms with E-state index >= 15 is 0 Å². The Morgan fingerprint density at radius 2 is 1.66 bits per heavy atom. The van der Waals surface area contributed by atoms with Crippen molar-refractivity contribution < 1.29 is 18.7 Å². The van der Waals surface area contributed by atoms with Crippen molar-refractivity contribution in [1.29, 1.82) is 0 Å². The molecule has 0 atom stereocenters. The molecule has 0 unspecified atom stereocenters. The third-order valence-electron chi connectivity index (χ3n) is 4.49. The quantitative estimate of drug-likeness (QED) is 0.648. The molecule has 1 heterocycles. The highest BCUT2D eigenvalue weighted by Crippen LogP contribution is 2.28. The Bertz CT molecular complexity index is 1030. The van der Waals surface area contributed by atoms with Gasteiger partial charge in [0.2, 0.25) is 5.82 Å². The number of hydrogen-bond donors (Lipinski definition) is 1. The van der Waals surface area contributed by atoms with E-state index in [1.54, 1.807) is 24.3 Å². The Kier molecular flexibility index (Phi) is 5.26. The number of hydrogen-bond acceptors (Lipinski definition) is 3. The molecular weight excluding hydrogens is 376 g/mol. The van der Waals surface area contributed by atoms with E-state index in [2.05, 4.69) is 10.1 Å². The highest BCUT2D eigenvalue weighted by atomic mass is 19.3. The number of aromatic carboxylic acids is 1. The van der Waals surface area contributed by atoms with Crippen LogP contribution in [0.5, 0.6) is 0 Å². The van der Waals surface area contributed by atoms with E-state index in [4.69, 9.17) is 0 Å². The summed E-state index contributed by atoms with van der Waals surface area (Å²) in [7, 11) is 0. The summed E-state index contributed by atoms with van der Waals surface area (Å²) in [6, 6.07) is 14.1. The maximum absolute atomic E-state index is 13.7. The van der Waals surface area contributed by atoms with Crippen LogP contribution in [0, 0.1) is 0 Å². The molecule has 0 fully saturated rings. The maximum atomic E-state index is 13.7. The molecule has 3 aromatic rings. The standard InChI is InChI=1S/C22H23F2N3O2/c1-21(2,3)27-18(25-20(26-27)22(4,23)24)13-14-9-11-15(12-10-14)16-7-5-6-8-17(16)19(28)29/h5-12H,13H2,1-4H3,(H,28,29). The van der Waals surface area contributed by atoms with Crippen LogP contribution in [0.4, 0.5) is 8.78 Å². The molecule has 0 spiro atoms. The number of halogens is 2. The summed E-state index contributed by atoms with van der Waals surface area (Å²) in [6.45, 7) is 6.44. The van der Waals surface area contributed by atoms with E-state index in [1.807, 2.05) is 45.0 Å². The molecule has 7 heteroatoms. The molecule has 29 heavy (non-hydrogen) atoms. The van der Waals surface area contributed by atoms with Crippen LogP contribution < -0.4 is 0 Å². The van der Waals surface area contributed by atoms with Crippen molar-refractivity contribution >= 4 is 5.97 Å². The van der Waals surface area contributed by atoms with E-state index in [0.29, 0.717) is 17.8 Å². The average molecular weight is 399 g/mol. The zero-order valence-electron chi connectivity index (χ0n) is 16.8. The molecule has 0 saturated carbocycles. The minimum Gasteiger partial charge on any atom is -0.478 e. The Morgan fingerprint density at radius 3 is 2.21 bits per heavy atom. The summed E-state index contributed by atoms with van der Waals surface area (Å²) in [5.41, 5.74) is 1.99. The second-order valence-electron chi connectivity index (χ2n) is 8.05. The number of carbonyl (C=O) groups is 1. The van der Waals surface area contributed by atoms with Crippen molar-refractivity contribution in [1.82, 2.24) is 14.8 Å². The van der Waals surface area contributed by atoms with Crippen LogP contribution >= 0.6 is 0 Å². The Balaban J connectivity index is 1.93. The fraction of sp³-hybridized carbons (Fsp3) is 0.318. The SMILES string of the molecule is CC(F)(F)c1nc(Cc2ccc(-c3ccccc3C(=O)O)cc2)n(C(C)(C)C)n1. The van der Waals surface area contributed by atoms with Crippen molar-refractivity contribution in [2.45, 2.75) is 45.6 Å². The summed E-state index contributed by atoms with van der Waals surface area (Å²) >= 11 is 0. The smallest absolute Gasteiger partial charge is 0.336 e. The lowest BCUT2D eigenvalue weighted by Crippen LogP contribution is -2.26. The van der Waals surface area contributed by atoms with Crippen molar-refractivity contribution in [2.24, 2.45) is 0 Å². The van der Waals surface area contributed by atoms with E-state index in [-0.39, 0.29) is 5.56 Å². The highest BCUT2D eigenvalue weighted by molar-refractivity contribution is 5.95. The lowest BCUT2D eigenvalue weighted by atomic mass is 9.98. The number of carboxylic acid groups (broad SMARTS) is 1. The minimum atomic E-state index is -3.12. The Morgan fingerprint density at radius 1 is 1.03 bits per heavy atom. The molecule has 5 nitrogen and oxygen atoms in total. The van der Waals surface area contributed by atoms with Crippen molar-refractivity contribution in [3.05, 3.63) is 71.3 Å². The number of aromatic nitrogens is 3. The highest BCUT2D eigenvalue weighted by Gasteiger charge is 2.33. The molecule has 152 valence electrons. The van der Waals surface area contributed by atoms with Gasteiger partial charge in [0, 0.05) is 13.3 Å². The van der Waals surface area contributed by atoms with Gasteiger partial charge in [0.05, 0.1) is 11.1 Å². The summed E-state index contributed by atoms with van der Waals surface area (Å²) in [5, 5.41) is 13.4. The number of carboxylic acids is 1. The first-order valence-electron chi connectivity index (χ1n) is 9.23. The topological polar surface area (TPSA) is 68.0 Å². The molecule has 0 saturated heterocycles. The second kappa shape index (κ2) is 7.39. The van der Waals surface area contributed by atoms with Crippen molar-refractivity contribution in [3.8, 4) is 11.1 Å². The summed E-state index contributed by atoms with van der Waals surface area (Å²) in [4.78, 5) is 15.5. The molecule has 1 aromatic heterocycles. The number of alkyl halides is 2. The predicted molar refractivity (Wildman–Crippen MR) is 106 cm³/mol. The largest absolute Gasteiger partial charge is 0.478 e. The monoisotopic (exact) mass is 399 g/mol.